The lowest BCUT2D eigenvalue weighted by Gasteiger charge is -2.26. The molecule has 2 aromatic heterocycles. The summed E-state index contributed by atoms with van der Waals surface area (Å²) in [5.74, 6) is 0.139. The second-order valence-corrected chi connectivity index (χ2v) is 6.72. The molecular formula is C18H21F3N4O2. The zero-order valence-corrected chi connectivity index (χ0v) is 14.9. The van der Waals surface area contributed by atoms with Crippen LogP contribution in [0.25, 0.3) is 0 Å². The first kappa shape index (κ1) is 19.3. The highest BCUT2D eigenvalue weighted by Crippen LogP contribution is 2.31. The van der Waals surface area contributed by atoms with Crippen molar-refractivity contribution in [3.8, 4) is 0 Å². The summed E-state index contributed by atoms with van der Waals surface area (Å²) in [5, 5.41) is 2.69. The Labute approximate surface area is 154 Å². The Morgan fingerprint density at radius 3 is 2.67 bits per heavy atom. The normalized spacial score (nSPS) is 16.9. The number of carbonyl (C=O) groups excluding carboxylic acids is 1. The van der Waals surface area contributed by atoms with Gasteiger partial charge in [0.15, 0.2) is 5.69 Å². The highest BCUT2D eigenvalue weighted by molar-refractivity contribution is 5.92. The first-order valence-electron chi connectivity index (χ1n) is 8.75. The average molecular weight is 382 g/mol. The highest BCUT2D eigenvalue weighted by atomic mass is 19.4. The van der Waals surface area contributed by atoms with E-state index in [0.717, 1.165) is 30.9 Å². The molecule has 1 aliphatic heterocycles. The molecule has 1 atom stereocenters. The van der Waals surface area contributed by atoms with Crippen molar-refractivity contribution in [1.29, 1.82) is 0 Å². The van der Waals surface area contributed by atoms with Gasteiger partial charge in [0.2, 0.25) is 5.91 Å². The van der Waals surface area contributed by atoms with Gasteiger partial charge in [0.05, 0.1) is 6.33 Å². The lowest BCUT2D eigenvalue weighted by molar-refractivity contribution is -0.141. The van der Waals surface area contributed by atoms with Crippen LogP contribution in [0.2, 0.25) is 0 Å². The highest BCUT2D eigenvalue weighted by Gasteiger charge is 2.35. The average Bonchev–Trinajstić information content (AvgIpc) is 3.12. The molecule has 1 fully saturated rings. The maximum atomic E-state index is 12.9. The molecule has 1 amide bonds. The Kier molecular flexibility index (Phi) is 5.79. The molecule has 146 valence electrons. The van der Waals surface area contributed by atoms with E-state index in [1.165, 1.54) is 4.57 Å². The molecule has 0 bridgehead atoms. The Balaban J connectivity index is 1.80. The number of hydrogen-bond acceptors (Lipinski definition) is 4. The molecule has 0 saturated carbocycles. The molecule has 0 radical (unpaired) electrons. The predicted molar refractivity (Wildman–Crippen MR) is 92.0 cm³/mol. The molecule has 0 aliphatic carbocycles. The SMILES string of the molecule is Cc1ccc(NC(=O)C(CC2CCOCC2)n2cnc(C(F)(F)F)c2)nc1. The number of hydrogen-bond donors (Lipinski definition) is 1. The van der Waals surface area contributed by atoms with Gasteiger partial charge in [-0.15, -0.1) is 0 Å². The fourth-order valence-electron chi connectivity index (χ4n) is 3.07. The zero-order valence-electron chi connectivity index (χ0n) is 14.9. The summed E-state index contributed by atoms with van der Waals surface area (Å²) >= 11 is 0. The third-order valence-electron chi connectivity index (χ3n) is 4.61. The van der Waals surface area contributed by atoms with Crippen molar-refractivity contribution in [3.05, 3.63) is 42.1 Å². The molecule has 1 saturated heterocycles. The molecule has 1 N–H and O–H groups in total. The van der Waals surface area contributed by atoms with Crippen LogP contribution >= 0.6 is 0 Å². The van der Waals surface area contributed by atoms with Crippen LogP contribution in [-0.2, 0) is 15.7 Å². The summed E-state index contributed by atoms with van der Waals surface area (Å²) in [7, 11) is 0. The van der Waals surface area contributed by atoms with Crippen molar-refractivity contribution in [2.75, 3.05) is 18.5 Å². The number of aromatic nitrogens is 3. The number of ether oxygens (including phenoxy) is 1. The number of nitrogens with zero attached hydrogens (tertiary/aromatic N) is 3. The van der Waals surface area contributed by atoms with Crippen molar-refractivity contribution >= 4 is 11.7 Å². The summed E-state index contributed by atoms with van der Waals surface area (Å²) in [4.78, 5) is 20.4. The Morgan fingerprint density at radius 2 is 2.07 bits per heavy atom. The van der Waals surface area contributed by atoms with Crippen LogP contribution < -0.4 is 5.32 Å². The minimum absolute atomic E-state index is 0.192. The molecule has 1 aliphatic rings. The Morgan fingerprint density at radius 1 is 1.33 bits per heavy atom. The fourth-order valence-corrected chi connectivity index (χ4v) is 3.07. The summed E-state index contributed by atoms with van der Waals surface area (Å²) in [6.07, 6.45) is 0.960. The van der Waals surface area contributed by atoms with Crippen molar-refractivity contribution in [1.82, 2.24) is 14.5 Å². The second kappa shape index (κ2) is 8.08. The number of pyridine rings is 1. The van der Waals surface area contributed by atoms with Gasteiger partial charge in [0, 0.05) is 25.6 Å². The first-order chi connectivity index (χ1) is 12.8. The number of halogens is 3. The van der Waals surface area contributed by atoms with Gasteiger partial charge in [-0.1, -0.05) is 6.07 Å². The van der Waals surface area contributed by atoms with E-state index >= 15 is 0 Å². The van der Waals surface area contributed by atoms with Crippen LogP contribution in [-0.4, -0.2) is 33.7 Å². The predicted octanol–water partition coefficient (Wildman–Crippen LogP) is 3.60. The van der Waals surface area contributed by atoms with Gasteiger partial charge in [-0.25, -0.2) is 9.97 Å². The molecular weight excluding hydrogens is 361 g/mol. The second-order valence-electron chi connectivity index (χ2n) is 6.72. The minimum Gasteiger partial charge on any atom is -0.381 e. The zero-order chi connectivity index (χ0) is 19.4. The monoisotopic (exact) mass is 382 g/mol. The lowest BCUT2D eigenvalue weighted by atomic mass is 9.92. The molecule has 0 aromatic carbocycles. The summed E-state index contributed by atoms with van der Waals surface area (Å²) < 4.78 is 45.3. The molecule has 0 spiro atoms. The Bertz CT molecular complexity index is 768. The van der Waals surface area contributed by atoms with Gasteiger partial charge in [0.25, 0.3) is 0 Å². The number of anilines is 1. The maximum absolute atomic E-state index is 12.9. The van der Waals surface area contributed by atoms with Gasteiger partial charge in [-0.05, 0) is 43.7 Å². The smallest absolute Gasteiger partial charge is 0.381 e. The van der Waals surface area contributed by atoms with E-state index < -0.39 is 23.8 Å². The first-order valence-corrected chi connectivity index (χ1v) is 8.75. The summed E-state index contributed by atoms with van der Waals surface area (Å²) in [6.45, 7) is 3.06. The number of carbonyl (C=O) groups is 1. The van der Waals surface area contributed by atoms with E-state index in [9.17, 15) is 18.0 Å². The van der Waals surface area contributed by atoms with Gasteiger partial charge >= 0.3 is 6.18 Å². The summed E-state index contributed by atoms with van der Waals surface area (Å²) in [6, 6.07) is 2.66. The number of amides is 1. The lowest BCUT2D eigenvalue weighted by Crippen LogP contribution is -2.29. The van der Waals surface area contributed by atoms with Crippen LogP contribution in [0.1, 0.15) is 36.6 Å². The van der Waals surface area contributed by atoms with Crippen molar-refractivity contribution < 1.29 is 22.7 Å². The third kappa shape index (κ3) is 5.06. The van der Waals surface area contributed by atoms with Crippen LogP contribution in [0, 0.1) is 12.8 Å². The number of rotatable bonds is 5. The van der Waals surface area contributed by atoms with Crippen LogP contribution in [0.3, 0.4) is 0 Å². The topological polar surface area (TPSA) is 69.0 Å². The van der Waals surface area contributed by atoms with Crippen LogP contribution in [0.4, 0.5) is 19.0 Å². The number of imidazole rings is 1. The van der Waals surface area contributed by atoms with E-state index in [2.05, 4.69) is 15.3 Å². The van der Waals surface area contributed by atoms with Crippen molar-refractivity contribution in [3.63, 3.8) is 0 Å². The molecule has 1 unspecified atom stereocenters. The van der Waals surface area contributed by atoms with Gasteiger partial charge in [0.1, 0.15) is 11.9 Å². The number of nitrogens with one attached hydrogen (secondary N) is 1. The molecule has 2 aromatic rings. The molecule has 9 heteroatoms. The van der Waals surface area contributed by atoms with Crippen molar-refractivity contribution in [2.24, 2.45) is 5.92 Å². The van der Waals surface area contributed by atoms with E-state index in [-0.39, 0.29) is 5.92 Å². The van der Waals surface area contributed by atoms with Gasteiger partial charge < -0.3 is 14.6 Å². The molecule has 6 nitrogen and oxygen atoms in total. The van der Waals surface area contributed by atoms with E-state index in [1.54, 1.807) is 18.3 Å². The fraction of sp³-hybridized carbons (Fsp3) is 0.500. The quantitative estimate of drug-likeness (QED) is 0.858. The van der Waals surface area contributed by atoms with E-state index in [0.29, 0.717) is 25.5 Å². The molecule has 3 heterocycles. The van der Waals surface area contributed by atoms with Gasteiger partial charge in [-0.3, -0.25) is 4.79 Å². The number of alkyl halides is 3. The van der Waals surface area contributed by atoms with Crippen molar-refractivity contribution in [2.45, 2.75) is 38.4 Å². The maximum Gasteiger partial charge on any atom is 0.434 e. The van der Waals surface area contributed by atoms with Crippen LogP contribution in [0.5, 0.6) is 0 Å². The minimum atomic E-state index is -4.55. The van der Waals surface area contributed by atoms with E-state index in [1.807, 2.05) is 6.92 Å². The third-order valence-corrected chi connectivity index (χ3v) is 4.61. The standard InChI is InChI=1S/C18H21F3N4O2/c1-12-2-3-16(22-9-12)24-17(26)14(8-13-4-6-27-7-5-13)25-10-15(23-11-25)18(19,20)21/h2-3,9-11,13-14H,4-8H2,1H3,(H,22,24,26). The van der Waals surface area contributed by atoms with Gasteiger partial charge in [-0.2, -0.15) is 13.2 Å². The summed E-state index contributed by atoms with van der Waals surface area (Å²) in [5.41, 5.74) is -0.0723. The number of aryl methyl sites for hydroxylation is 1. The van der Waals surface area contributed by atoms with Crippen LogP contribution in [0.15, 0.2) is 30.9 Å². The Hall–Kier alpha value is -2.42. The molecule has 3 rings (SSSR count). The molecule has 27 heavy (non-hydrogen) atoms. The largest absolute Gasteiger partial charge is 0.434 e. The van der Waals surface area contributed by atoms with E-state index in [4.69, 9.17) is 4.74 Å².